The van der Waals surface area contributed by atoms with Crippen LogP contribution in [0.4, 0.5) is 8.78 Å². The SMILES string of the molecule is Cc1nc(-c2cccnc2)sc1CNS(=O)(=O)c1ccc(F)c(F)c1. The van der Waals surface area contributed by atoms with Gasteiger partial charge in [0.05, 0.1) is 10.6 Å². The minimum atomic E-state index is -3.96. The van der Waals surface area contributed by atoms with Crippen molar-refractivity contribution >= 4 is 21.4 Å². The van der Waals surface area contributed by atoms with Gasteiger partial charge in [0.15, 0.2) is 11.6 Å². The molecule has 2 aromatic heterocycles. The summed E-state index contributed by atoms with van der Waals surface area (Å²) >= 11 is 1.34. The highest BCUT2D eigenvalue weighted by Gasteiger charge is 2.18. The summed E-state index contributed by atoms with van der Waals surface area (Å²) in [5, 5.41) is 0.729. The fourth-order valence-electron chi connectivity index (χ4n) is 2.09. The summed E-state index contributed by atoms with van der Waals surface area (Å²) in [6.07, 6.45) is 3.33. The summed E-state index contributed by atoms with van der Waals surface area (Å²) in [6.45, 7) is 1.78. The molecule has 3 rings (SSSR count). The number of aromatic nitrogens is 2. The highest BCUT2D eigenvalue weighted by molar-refractivity contribution is 7.89. The van der Waals surface area contributed by atoms with Gasteiger partial charge in [-0.05, 0) is 37.3 Å². The van der Waals surface area contributed by atoms with Gasteiger partial charge < -0.3 is 0 Å². The van der Waals surface area contributed by atoms with E-state index in [-0.39, 0.29) is 11.4 Å². The van der Waals surface area contributed by atoms with E-state index in [0.717, 1.165) is 27.6 Å². The summed E-state index contributed by atoms with van der Waals surface area (Å²) in [6, 6.07) is 6.10. The minimum absolute atomic E-state index is 0.00505. The Hall–Kier alpha value is -2.23. The topological polar surface area (TPSA) is 72.0 Å². The van der Waals surface area contributed by atoms with Crippen LogP contribution in [-0.4, -0.2) is 18.4 Å². The van der Waals surface area contributed by atoms with Gasteiger partial charge in [-0.25, -0.2) is 26.9 Å². The van der Waals surface area contributed by atoms with Gasteiger partial charge in [0.2, 0.25) is 10.0 Å². The Morgan fingerprint density at radius 3 is 2.68 bits per heavy atom. The van der Waals surface area contributed by atoms with Crippen molar-refractivity contribution in [2.45, 2.75) is 18.4 Å². The van der Waals surface area contributed by atoms with E-state index < -0.39 is 21.7 Å². The van der Waals surface area contributed by atoms with Crippen LogP contribution < -0.4 is 4.72 Å². The highest BCUT2D eigenvalue weighted by atomic mass is 32.2. The van der Waals surface area contributed by atoms with Crippen molar-refractivity contribution in [1.29, 1.82) is 0 Å². The number of nitrogens with zero attached hydrogens (tertiary/aromatic N) is 2. The molecule has 0 aliphatic carbocycles. The van der Waals surface area contributed by atoms with E-state index >= 15 is 0 Å². The Labute approximate surface area is 147 Å². The van der Waals surface area contributed by atoms with Crippen molar-refractivity contribution in [2.75, 3.05) is 0 Å². The number of nitrogens with one attached hydrogen (secondary N) is 1. The molecular weight excluding hydrogens is 368 g/mol. The van der Waals surface area contributed by atoms with E-state index in [9.17, 15) is 17.2 Å². The molecule has 0 aliphatic rings. The predicted molar refractivity (Wildman–Crippen MR) is 90.5 cm³/mol. The number of aryl methyl sites for hydroxylation is 1. The second-order valence-electron chi connectivity index (χ2n) is 5.17. The smallest absolute Gasteiger partial charge is 0.241 e. The van der Waals surface area contributed by atoms with Crippen LogP contribution in [0.3, 0.4) is 0 Å². The molecule has 0 radical (unpaired) electrons. The van der Waals surface area contributed by atoms with Crippen molar-refractivity contribution in [3.05, 3.63) is 64.9 Å². The number of hydrogen-bond acceptors (Lipinski definition) is 5. The number of halogens is 2. The first-order valence-corrected chi connectivity index (χ1v) is 9.48. The molecule has 0 amide bonds. The van der Waals surface area contributed by atoms with Crippen LogP contribution in [0.1, 0.15) is 10.6 Å². The summed E-state index contributed by atoms with van der Waals surface area (Å²) in [5.41, 5.74) is 1.53. The zero-order valence-corrected chi connectivity index (χ0v) is 14.7. The largest absolute Gasteiger partial charge is 0.264 e. The third-order valence-corrected chi connectivity index (χ3v) is 6.03. The summed E-state index contributed by atoms with van der Waals surface area (Å²) < 4.78 is 53.0. The highest BCUT2D eigenvalue weighted by Crippen LogP contribution is 2.27. The summed E-state index contributed by atoms with van der Waals surface area (Å²) in [7, 11) is -3.96. The van der Waals surface area contributed by atoms with Gasteiger partial charge in [-0.3, -0.25) is 4.98 Å². The van der Waals surface area contributed by atoms with Crippen LogP contribution in [0.15, 0.2) is 47.6 Å². The van der Waals surface area contributed by atoms with Crippen LogP contribution in [0.5, 0.6) is 0 Å². The fourth-order valence-corrected chi connectivity index (χ4v) is 4.18. The zero-order valence-electron chi connectivity index (χ0n) is 13.0. The van der Waals surface area contributed by atoms with E-state index in [2.05, 4.69) is 14.7 Å². The van der Waals surface area contributed by atoms with Gasteiger partial charge in [-0.1, -0.05) is 0 Å². The van der Waals surface area contributed by atoms with Gasteiger partial charge in [0.1, 0.15) is 5.01 Å². The lowest BCUT2D eigenvalue weighted by molar-refractivity contribution is 0.504. The van der Waals surface area contributed by atoms with E-state index in [1.165, 1.54) is 11.3 Å². The molecule has 130 valence electrons. The minimum Gasteiger partial charge on any atom is -0.264 e. The van der Waals surface area contributed by atoms with E-state index in [4.69, 9.17) is 0 Å². The van der Waals surface area contributed by atoms with Gasteiger partial charge in [0.25, 0.3) is 0 Å². The maximum atomic E-state index is 13.2. The number of benzene rings is 1. The van der Waals surface area contributed by atoms with E-state index in [1.54, 1.807) is 25.4 Å². The molecule has 1 N–H and O–H groups in total. The first-order valence-electron chi connectivity index (χ1n) is 7.18. The first kappa shape index (κ1) is 17.6. The van der Waals surface area contributed by atoms with Gasteiger partial charge >= 0.3 is 0 Å². The lowest BCUT2D eigenvalue weighted by Gasteiger charge is -2.06. The standard InChI is InChI=1S/C16H13F2N3O2S2/c1-10-15(24-16(21-10)11-3-2-6-19-8-11)9-20-25(22,23)12-4-5-13(17)14(18)7-12/h2-8,20H,9H2,1H3. The molecule has 1 aromatic carbocycles. The number of hydrogen-bond donors (Lipinski definition) is 1. The lowest BCUT2D eigenvalue weighted by atomic mass is 10.3. The number of pyridine rings is 1. The van der Waals surface area contributed by atoms with Crippen molar-refractivity contribution in [2.24, 2.45) is 0 Å². The molecule has 0 unspecified atom stereocenters. The second kappa shape index (κ2) is 6.95. The molecule has 0 fully saturated rings. The maximum Gasteiger partial charge on any atom is 0.241 e. The molecule has 2 heterocycles. The molecule has 5 nitrogen and oxygen atoms in total. The van der Waals surface area contributed by atoms with Gasteiger partial charge in [0, 0.05) is 29.4 Å². The lowest BCUT2D eigenvalue weighted by Crippen LogP contribution is -2.23. The summed E-state index contributed by atoms with van der Waals surface area (Å²) in [5.74, 6) is -2.31. The first-order chi connectivity index (χ1) is 11.9. The molecule has 0 bridgehead atoms. The number of thiazole rings is 1. The molecule has 3 aromatic rings. The molecule has 0 atom stereocenters. The average molecular weight is 381 g/mol. The van der Waals surface area contributed by atoms with Crippen LogP contribution in [0.2, 0.25) is 0 Å². The van der Waals surface area contributed by atoms with Crippen LogP contribution in [0, 0.1) is 18.6 Å². The molecule has 0 spiro atoms. The summed E-state index contributed by atoms with van der Waals surface area (Å²) in [4.78, 5) is 8.84. The van der Waals surface area contributed by atoms with E-state index in [1.807, 2.05) is 6.07 Å². The quantitative estimate of drug-likeness (QED) is 0.736. The molecule has 0 aliphatic heterocycles. The molecule has 0 saturated heterocycles. The molecule has 25 heavy (non-hydrogen) atoms. The Kier molecular flexibility index (Phi) is 4.89. The second-order valence-corrected chi connectivity index (χ2v) is 8.02. The van der Waals surface area contributed by atoms with Crippen molar-refractivity contribution < 1.29 is 17.2 Å². The van der Waals surface area contributed by atoms with Crippen LogP contribution >= 0.6 is 11.3 Å². The average Bonchev–Trinajstić information content (AvgIpc) is 2.97. The Morgan fingerprint density at radius 1 is 1.20 bits per heavy atom. The van der Waals surface area contributed by atoms with Crippen molar-refractivity contribution in [3.8, 4) is 10.6 Å². The zero-order chi connectivity index (χ0) is 18.0. The molecular formula is C16H13F2N3O2S2. The molecule has 9 heteroatoms. The third-order valence-electron chi connectivity index (χ3n) is 3.43. The fraction of sp³-hybridized carbons (Fsp3) is 0.125. The van der Waals surface area contributed by atoms with Crippen LogP contribution in [-0.2, 0) is 16.6 Å². The van der Waals surface area contributed by atoms with Gasteiger partial charge in [-0.2, -0.15) is 0 Å². The maximum absolute atomic E-state index is 13.2. The normalized spacial score (nSPS) is 11.6. The van der Waals surface area contributed by atoms with E-state index in [0.29, 0.717) is 11.8 Å². The Bertz CT molecular complexity index is 1010. The Morgan fingerprint density at radius 2 is 2.00 bits per heavy atom. The predicted octanol–water partition coefficient (Wildman–Crippen LogP) is 3.27. The third kappa shape index (κ3) is 3.89. The van der Waals surface area contributed by atoms with Crippen molar-refractivity contribution in [1.82, 2.24) is 14.7 Å². The van der Waals surface area contributed by atoms with Crippen LogP contribution in [0.25, 0.3) is 10.6 Å². The molecule has 0 saturated carbocycles. The number of rotatable bonds is 5. The van der Waals surface area contributed by atoms with Gasteiger partial charge in [-0.15, -0.1) is 11.3 Å². The van der Waals surface area contributed by atoms with Crippen molar-refractivity contribution in [3.63, 3.8) is 0 Å². The monoisotopic (exact) mass is 381 g/mol. The Balaban J connectivity index is 1.79. The number of sulfonamides is 1.